The van der Waals surface area contributed by atoms with Gasteiger partial charge in [0.25, 0.3) is 3.79 Å². The number of carbonyl (C=O) groups excluding carboxylic acids is 3. The minimum Gasteiger partial charge on any atom is -0.465 e. The molecule has 45 heavy (non-hydrogen) atoms. The summed E-state index contributed by atoms with van der Waals surface area (Å²) in [6, 6.07) is 23.7. The molecule has 4 rings (SSSR count). The number of hydrogen-bond donors (Lipinski definition) is 1. The van der Waals surface area contributed by atoms with Gasteiger partial charge in [-0.15, -0.1) is 0 Å². The van der Waals surface area contributed by atoms with Crippen molar-refractivity contribution in [3.63, 3.8) is 0 Å². The number of ether oxygens (including phenoxy) is 5. The van der Waals surface area contributed by atoms with Gasteiger partial charge in [-0.2, -0.15) is 0 Å². The van der Waals surface area contributed by atoms with Crippen LogP contribution in [0.1, 0.15) is 31.1 Å². The Morgan fingerprint density at radius 2 is 1.22 bits per heavy atom. The Kier molecular flexibility index (Phi) is 11.8. The zero-order valence-electron chi connectivity index (χ0n) is 23.2. The van der Waals surface area contributed by atoms with E-state index in [0.29, 0.717) is 0 Å². The number of alkyl halides is 4. The van der Waals surface area contributed by atoms with Crippen molar-refractivity contribution in [3.05, 3.63) is 108 Å². The topological polar surface area (TPSA) is 121 Å². The summed E-state index contributed by atoms with van der Waals surface area (Å²) in [4.78, 5) is 38.8. The highest BCUT2D eigenvalue weighted by atomic mass is 35.6. The van der Waals surface area contributed by atoms with Crippen LogP contribution in [0.4, 0.5) is 4.39 Å². The summed E-state index contributed by atoms with van der Waals surface area (Å²) in [5.74, 6) is 1.98. The monoisotopic (exact) mass is 675 g/mol. The predicted molar refractivity (Wildman–Crippen MR) is 163 cm³/mol. The molecule has 0 aliphatic carbocycles. The largest absolute Gasteiger partial charge is 0.465 e. The van der Waals surface area contributed by atoms with E-state index in [0.717, 1.165) is 0 Å². The van der Waals surface area contributed by atoms with Crippen molar-refractivity contribution >= 4 is 58.6 Å². The summed E-state index contributed by atoms with van der Waals surface area (Å²) in [5.41, 5.74) is 0.457. The Morgan fingerprint density at radius 3 is 1.71 bits per heavy atom. The van der Waals surface area contributed by atoms with Gasteiger partial charge in [0.2, 0.25) is 5.90 Å². The normalized spacial score (nSPS) is 20.9. The molecule has 0 saturated carbocycles. The lowest BCUT2D eigenvalue weighted by Gasteiger charge is -2.40. The van der Waals surface area contributed by atoms with Gasteiger partial charge < -0.3 is 23.7 Å². The van der Waals surface area contributed by atoms with Crippen LogP contribution in [0.15, 0.2) is 91.0 Å². The molecule has 1 aliphatic heterocycles. The van der Waals surface area contributed by atoms with E-state index in [1.165, 1.54) is 36.4 Å². The first kappa shape index (κ1) is 33.7. The summed E-state index contributed by atoms with van der Waals surface area (Å²) in [6.07, 6.45) is -8.41. The van der Waals surface area contributed by atoms with Gasteiger partial charge >= 0.3 is 17.9 Å². The smallest absolute Gasteiger partial charge is 0.338 e. The molecule has 13 heteroatoms. The fourth-order valence-electron chi connectivity index (χ4n) is 4.09. The Hall–Kier alpha value is -4.14. The van der Waals surface area contributed by atoms with E-state index >= 15 is 4.39 Å². The zero-order chi connectivity index (χ0) is 32.4. The van der Waals surface area contributed by atoms with Crippen LogP contribution in [0.2, 0.25) is 0 Å². The van der Waals surface area contributed by atoms with Crippen molar-refractivity contribution in [1.82, 2.24) is 0 Å². The van der Waals surface area contributed by atoms with Crippen molar-refractivity contribution < 1.29 is 42.5 Å². The lowest BCUT2D eigenvalue weighted by atomic mass is 9.95. The molecule has 5 atom stereocenters. The molecule has 2 unspecified atom stereocenters. The third-order valence-electron chi connectivity index (χ3n) is 6.30. The van der Waals surface area contributed by atoms with Crippen LogP contribution >= 0.6 is 34.8 Å². The van der Waals surface area contributed by atoms with Gasteiger partial charge in [0.15, 0.2) is 31.1 Å². The Bertz CT molecular complexity index is 1540. The summed E-state index contributed by atoms with van der Waals surface area (Å²) >= 11 is 16.9. The molecule has 0 bridgehead atoms. The molecule has 0 aromatic heterocycles. The van der Waals surface area contributed by atoms with Crippen LogP contribution in [-0.2, 0) is 23.7 Å². The lowest BCUT2D eigenvalue weighted by Crippen LogP contribution is -2.59. The highest BCUT2D eigenvalue weighted by molar-refractivity contribution is 6.76. The fraction of sp³-hybridized carbons (Fsp3) is 0.250. The molecule has 0 amide bonds. The molecule has 1 saturated heterocycles. The maximum absolute atomic E-state index is 16.2. The fourth-order valence-corrected chi connectivity index (χ4v) is 4.26. The quantitative estimate of drug-likeness (QED) is 0.0798. The Labute approximate surface area is 272 Å². The highest BCUT2D eigenvalue weighted by Crippen LogP contribution is 2.31. The second kappa shape index (κ2) is 15.7. The molecule has 1 aliphatic rings. The molecule has 9 nitrogen and oxygen atoms in total. The number of rotatable bonds is 8. The molecule has 1 N–H and O–H groups in total. The first-order chi connectivity index (χ1) is 21.5. The van der Waals surface area contributed by atoms with E-state index in [9.17, 15) is 14.4 Å². The molecule has 234 valence electrons. The minimum atomic E-state index is -2.14. The molecular weight excluding hydrogens is 652 g/mol. The Morgan fingerprint density at radius 1 is 0.756 bits per heavy atom. The number of nitrogens with one attached hydrogen (secondary N) is 1. The van der Waals surface area contributed by atoms with E-state index in [1.807, 2.05) is 0 Å². The van der Waals surface area contributed by atoms with Crippen molar-refractivity contribution in [3.8, 4) is 11.8 Å². The first-order valence-corrected chi connectivity index (χ1v) is 14.5. The minimum absolute atomic E-state index is 0.109. The third-order valence-corrected chi connectivity index (χ3v) is 6.81. The molecule has 1 fully saturated rings. The number of hydrogen-bond acceptors (Lipinski definition) is 9. The average Bonchev–Trinajstić information content (AvgIpc) is 3.05. The molecule has 3 aromatic carbocycles. The van der Waals surface area contributed by atoms with Gasteiger partial charge in [-0.3, -0.25) is 5.41 Å². The van der Waals surface area contributed by atoms with Gasteiger partial charge in [-0.05, 0) is 36.4 Å². The second-order valence-electron chi connectivity index (χ2n) is 9.41. The average molecular weight is 677 g/mol. The maximum atomic E-state index is 16.2. The van der Waals surface area contributed by atoms with Crippen LogP contribution in [0.3, 0.4) is 0 Å². The molecule has 1 heterocycles. The van der Waals surface area contributed by atoms with Crippen LogP contribution in [0.5, 0.6) is 0 Å². The van der Waals surface area contributed by atoms with Crippen molar-refractivity contribution in [2.45, 2.75) is 34.4 Å². The van der Waals surface area contributed by atoms with Crippen LogP contribution in [-0.4, -0.2) is 71.4 Å². The number of benzene rings is 3. The first-order valence-electron chi connectivity index (χ1n) is 13.4. The standard InChI is InChI=1S/C32H25Cl3FNO8/c33-32(34,35)31(37)41-18-10-17-23-26(44-29(39)21-13-6-2-7-14-21)27(45-30(40)22-15-8-3-9-16-22)25(36)24(43-23)19-42-28(38)20-11-4-1-5-12-20/h1-9,11-16,23-27,37H,18-19H2/t23?,24-,25-,26?,27+/m1/s1. The van der Waals surface area contributed by atoms with Gasteiger partial charge in [0.05, 0.1) is 16.7 Å². The van der Waals surface area contributed by atoms with E-state index in [4.69, 9.17) is 63.9 Å². The molecule has 3 aromatic rings. The number of halogens is 4. The maximum Gasteiger partial charge on any atom is 0.338 e. The van der Waals surface area contributed by atoms with Gasteiger partial charge in [-0.1, -0.05) is 101 Å². The molecular formula is C32H25Cl3FNO8. The van der Waals surface area contributed by atoms with E-state index in [1.54, 1.807) is 54.6 Å². The van der Waals surface area contributed by atoms with Crippen LogP contribution < -0.4 is 0 Å². The number of esters is 3. The summed E-state index contributed by atoms with van der Waals surface area (Å²) < 4.78 is 41.5. The van der Waals surface area contributed by atoms with Crippen molar-refractivity contribution in [2.75, 3.05) is 13.2 Å². The predicted octanol–water partition coefficient (Wildman–Crippen LogP) is 5.77. The molecule has 0 spiro atoms. The van der Waals surface area contributed by atoms with E-state index < -0.39 is 71.4 Å². The van der Waals surface area contributed by atoms with E-state index in [-0.39, 0.29) is 16.7 Å². The molecule has 0 radical (unpaired) electrons. The van der Waals surface area contributed by atoms with Crippen molar-refractivity contribution in [2.24, 2.45) is 0 Å². The summed E-state index contributed by atoms with van der Waals surface area (Å²) in [7, 11) is 0. The van der Waals surface area contributed by atoms with Crippen molar-refractivity contribution in [1.29, 1.82) is 5.41 Å². The van der Waals surface area contributed by atoms with E-state index in [2.05, 4.69) is 11.8 Å². The van der Waals surface area contributed by atoms with Gasteiger partial charge in [0, 0.05) is 0 Å². The van der Waals surface area contributed by atoms with Crippen LogP contribution in [0, 0.1) is 17.3 Å². The van der Waals surface area contributed by atoms with Gasteiger partial charge in [-0.25, -0.2) is 18.8 Å². The second-order valence-corrected chi connectivity index (χ2v) is 11.7. The number of carbonyl (C=O) groups is 3. The summed E-state index contributed by atoms with van der Waals surface area (Å²) in [6.45, 7) is -1.06. The third kappa shape index (κ3) is 9.42. The van der Waals surface area contributed by atoms with Crippen LogP contribution in [0.25, 0.3) is 0 Å². The highest BCUT2D eigenvalue weighted by Gasteiger charge is 2.51. The Balaban J connectivity index is 1.64. The van der Waals surface area contributed by atoms with Gasteiger partial charge in [0.1, 0.15) is 12.7 Å². The summed E-state index contributed by atoms with van der Waals surface area (Å²) in [5, 5.41) is 7.66. The SMILES string of the molecule is N=C(OCC#CC1O[C@H](COC(=O)c2ccccc2)[C@@H](F)[C@H](OC(=O)c2ccccc2)C1OC(=O)c1ccccc1)C(Cl)(Cl)Cl. The zero-order valence-corrected chi connectivity index (χ0v) is 25.5. The lowest BCUT2D eigenvalue weighted by molar-refractivity contribution is -0.196.